The molecule has 0 heterocycles. The van der Waals surface area contributed by atoms with Crippen LogP contribution in [0, 0.1) is 23.3 Å². The van der Waals surface area contributed by atoms with Gasteiger partial charge in [-0.25, -0.2) is 19.2 Å². The second kappa shape index (κ2) is 15.9. The van der Waals surface area contributed by atoms with E-state index in [0.29, 0.717) is 0 Å². The average molecular weight is 647 g/mol. The van der Waals surface area contributed by atoms with Gasteiger partial charge in [-0.1, -0.05) is 13.2 Å². The molecule has 0 aliphatic rings. The highest BCUT2D eigenvalue weighted by Crippen LogP contribution is 2.35. The van der Waals surface area contributed by atoms with Gasteiger partial charge in [0.1, 0.15) is 37.9 Å². The van der Waals surface area contributed by atoms with Gasteiger partial charge in [0.05, 0.1) is 11.1 Å². The van der Waals surface area contributed by atoms with E-state index in [2.05, 4.69) is 22.6 Å². The largest absolute Gasteiger partial charge is 0.490 e. The van der Waals surface area contributed by atoms with E-state index in [1.54, 1.807) is 0 Å². The van der Waals surface area contributed by atoms with Crippen LogP contribution in [-0.2, 0) is 19.1 Å². The van der Waals surface area contributed by atoms with Crippen LogP contribution in [0.3, 0.4) is 0 Å². The van der Waals surface area contributed by atoms with E-state index in [0.717, 1.165) is 24.3 Å². The lowest BCUT2D eigenvalue weighted by molar-refractivity contribution is -0.140. The van der Waals surface area contributed by atoms with Crippen molar-refractivity contribution >= 4 is 23.9 Å². The summed E-state index contributed by atoms with van der Waals surface area (Å²) in [6.45, 7) is 9.56. The fraction of sp³-hybridized carbons (Fsp3) is 0.188. The topological polar surface area (TPSA) is 124 Å². The zero-order chi connectivity index (χ0) is 34.0. The van der Waals surface area contributed by atoms with E-state index in [1.165, 1.54) is 38.1 Å². The maximum absolute atomic E-state index is 14.7. The van der Waals surface area contributed by atoms with Crippen LogP contribution in [0.2, 0.25) is 0 Å². The Kier molecular flexibility index (Phi) is 12.0. The first kappa shape index (κ1) is 34.8. The fourth-order valence-corrected chi connectivity index (χ4v) is 3.28. The summed E-state index contributed by atoms with van der Waals surface area (Å²) in [6.07, 6.45) is 0. The molecule has 0 aliphatic carbocycles. The molecule has 14 heteroatoms. The van der Waals surface area contributed by atoms with Crippen LogP contribution >= 0.6 is 0 Å². The van der Waals surface area contributed by atoms with E-state index >= 15 is 0 Å². The summed E-state index contributed by atoms with van der Waals surface area (Å²) in [6, 6.07) is 9.72. The maximum Gasteiger partial charge on any atom is 0.343 e. The number of hydrogen-bond donors (Lipinski definition) is 0. The molecule has 0 fully saturated rings. The molecule has 3 rings (SSSR count). The van der Waals surface area contributed by atoms with Gasteiger partial charge in [0, 0.05) is 11.1 Å². The molecule has 0 aromatic heterocycles. The lowest BCUT2D eigenvalue weighted by atomic mass is 10.2. The van der Waals surface area contributed by atoms with Gasteiger partial charge in [-0.05, 0) is 62.4 Å². The normalized spacial score (nSPS) is 10.4. The van der Waals surface area contributed by atoms with Crippen molar-refractivity contribution in [3.63, 3.8) is 0 Å². The molecule has 0 atom stereocenters. The highest BCUT2D eigenvalue weighted by molar-refractivity contribution is 5.92. The Hall–Kier alpha value is -5.66. The molecule has 10 nitrogen and oxygen atoms in total. The number of rotatable bonds is 14. The number of benzene rings is 3. The first-order chi connectivity index (χ1) is 21.8. The first-order valence-corrected chi connectivity index (χ1v) is 13.2. The number of esters is 4. The Morgan fingerprint density at radius 2 is 0.848 bits per heavy atom. The van der Waals surface area contributed by atoms with Crippen molar-refractivity contribution < 1.29 is 65.2 Å². The van der Waals surface area contributed by atoms with Crippen molar-refractivity contribution in [1.82, 2.24) is 0 Å². The molecule has 0 aliphatic heterocycles. The maximum atomic E-state index is 14.7. The van der Waals surface area contributed by atoms with Crippen LogP contribution in [0.1, 0.15) is 34.6 Å². The minimum Gasteiger partial charge on any atom is -0.490 e. The van der Waals surface area contributed by atoms with Crippen LogP contribution in [-0.4, -0.2) is 50.3 Å². The third kappa shape index (κ3) is 9.17. The number of carbonyl (C=O) groups excluding carboxylic acids is 4. The number of carbonyl (C=O) groups is 4. The van der Waals surface area contributed by atoms with Crippen molar-refractivity contribution in [1.29, 1.82) is 0 Å². The lowest BCUT2D eigenvalue weighted by Gasteiger charge is -2.13. The lowest BCUT2D eigenvalue weighted by Crippen LogP contribution is -2.16. The molecule has 242 valence electrons. The minimum atomic E-state index is -2.13. The van der Waals surface area contributed by atoms with Crippen molar-refractivity contribution in [2.75, 3.05) is 26.4 Å². The monoisotopic (exact) mass is 646 g/mol. The van der Waals surface area contributed by atoms with Gasteiger partial charge in [0.25, 0.3) is 0 Å². The van der Waals surface area contributed by atoms with Gasteiger partial charge in [-0.3, -0.25) is 0 Å². The molecule has 0 spiro atoms. The Labute approximate surface area is 259 Å². The summed E-state index contributed by atoms with van der Waals surface area (Å²) in [4.78, 5) is 47.6. The predicted molar refractivity (Wildman–Crippen MR) is 152 cm³/mol. The van der Waals surface area contributed by atoms with Crippen LogP contribution in [0.25, 0.3) is 0 Å². The Morgan fingerprint density at radius 3 is 1.13 bits per heavy atom. The van der Waals surface area contributed by atoms with Crippen LogP contribution < -0.4 is 18.9 Å². The van der Waals surface area contributed by atoms with Crippen LogP contribution in [0.15, 0.2) is 72.8 Å². The molecule has 3 aromatic rings. The molecular formula is C32H26F4O10. The minimum absolute atomic E-state index is 0.0369. The SMILES string of the molecule is C=C(C)C(=O)OCCOc1ccc(C(=O)Oc2c(F)c(F)c(OC(=O)c3ccc(OCCOC(=O)C(=C)C)cc3)c(F)c2F)cc1. The smallest absolute Gasteiger partial charge is 0.343 e. The Bertz CT molecular complexity index is 1500. The highest BCUT2D eigenvalue weighted by Gasteiger charge is 2.31. The van der Waals surface area contributed by atoms with Gasteiger partial charge < -0.3 is 28.4 Å². The molecule has 46 heavy (non-hydrogen) atoms. The molecule has 0 amide bonds. The number of halogens is 4. The first-order valence-electron chi connectivity index (χ1n) is 13.2. The van der Waals surface area contributed by atoms with Crippen molar-refractivity contribution in [2.45, 2.75) is 13.8 Å². The van der Waals surface area contributed by atoms with E-state index in [1.807, 2.05) is 0 Å². The third-order valence-corrected chi connectivity index (χ3v) is 5.62. The zero-order valence-electron chi connectivity index (χ0n) is 24.5. The highest BCUT2D eigenvalue weighted by atomic mass is 19.2. The summed E-state index contributed by atoms with van der Waals surface area (Å²) >= 11 is 0. The predicted octanol–water partition coefficient (Wildman–Crippen LogP) is 5.68. The molecule has 0 unspecified atom stereocenters. The number of hydrogen-bond acceptors (Lipinski definition) is 10. The summed E-state index contributed by atoms with van der Waals surface area (Å²) in [5, 5.41) is 0. The Balaban J connectivity index is 1.61. The van der Waals surface area contributed by atoms with E-state index in [-0.39, 0.29) is 60.2 Å². The second-order valence-electron chi connectivity index (χ2n) is 9.27. The summed E-state index contributed by atoms with van der Waals surface area (Å²) in [5.41, 5.74) is -0.120. The summed E-state index contributed by atoms with van der Waals surface area (Å²) in [7, 11) is 0. The van der Waals surface area contributed by atoms with E-state index in [9.17, 15) is 36.7 Å². The third-order valence-electron chi connectivity index (χ3n) is 5.62. The van der Waals surface area contributed by atoms with Crippen molar-refractivity contribution in [3.05, 3.63) is 107 Å². The molecule has 3 aromatic carbocycles. The molecule has 0 radical (unpaired) electrons. The van der Waals surface area contributed by atoms with Gasteiger partial charge in [0.15, 0.2) is 0 Å². The standard InChI is InChI=1S/C32H26F4O10/c1-17(2)29(37)43-15-13-41-21-9-5-19(6-10-21)31(39)45-27-23(33)25(35)28(26(36)24(27)34)46-32(40)20-7-11-22(12-8-20)42-14-16-44-30(38)18(3)4/h5-12H,1,3,13-16H2,2,4H3. The zero-order valence-corrected chi connectivity index (χ0v) is 24.5. The quantitative estimate of drug-likeness (QED) is 0.0540. The number of ether oxygens (including phenoxy) is 6. The molecular weight excluding hydrogens is 620 g/mol. The molecule has 0 saturated heterocycles. The summed E-state index contributed by atoms with van der Waals surface area (Å²) < 4.78 is 88.4. The molecule has 0 saturated carbocycles. The average Bonchev–Trinajstić information content (AvgIpc) is 3.04. The fourth-order valence-electron chi connectivity index (χ4n) is 3.28. The molecule has 0 N–H and O–H groups in total. The second-order valence-corrected chi connectivity index (χ2v) is 9.27. The van der Waals surface area contributed by atoms with Crippen molar-refractivity contribution in [2.24, 2.45) is 0 Å². The van der Waals surface area contributed by atoms with Gasteiger partial charge >= 0.3 is 23.9 Å². The van der Waals surface area contributed by atoms with Crippen LogP contribution in [0.4, 0.5) is 17.6 Å². The van der Waals surface area contributed by atoms with Crippen LogP contribution in [0.5, 0.6) is 23.0 Å². The Morgan fingerprint density at radius 1 is 0.543 bits per heavy atom. The molecule has 0 bridgehead atoms. The van der Waals surface area contributed by atoms with E-state index in [4.69, 9.17) is 18.9 Å². The van der Waals surface area contributed by atoms with Gasteiger partial charge in [-0.2, -0.15) is 17.6 Å². The summed E-state index contributed by atoms with van der Waals surface area (Å²) in [5.74, 6) is -15.4. The van der Waals surface area contributed by atoms with Gasteiger partial charge in [-0.15, -0.1) is 0 Å². The van der Waals surface area contributed by atoms with Crippen molar-refractivity contribution in [3.8, 4) is 23.0 Å². The van der Waals surface area contributed by atoms with E-state index < -0.39 is 58.6 Å². The van der Waals surface area contributed by atoms with Gasteiger partial charge in [0.2, 0.25) is 34.8 Å².